The van der Waals surface area contributed by atoms with E-state index in [9.17, 15) is 4.79 Å². The largest absolute Gasteiger partial charge is 0.307 e. The molecule has 0 aliphatic heterocycles. The summed E-state index contributed by atoms with van der Waals surface area (Å²) in [7, 11) is 0. The zero-order chi connectivity index (χ0) is 13.8. The van der Waals surface area contributed by atoms with E-state index in [1.54, 1.807) is 6.07 Å². The number of aromatic nitrogens is 2. The molecule has 0 spiro atoms. The van der Waals surface area contributed by atoms with Gasteiger partial charge in [0.25, 0.3) is 5.56 Å². The lowest BCUT2D eigenvalue weighted by atomic mass is 10.2. The first-order valence-electron chi connectivity index (χ1n) is 6.62. The first-order valence-corrected chi connectivity index (χ1v) is 6.62. The van der Waals surface area contributed by atoms with E-state index in [0.717, 1.165) is 18.6 Å². The summed E-state index contributed by atoms with van der Waals surface area (Å²) in [5.41, 5.74) is 3.84. The molecule has 0 fully saturated rings. The third-order valence-corrected chi connectivity index (χ3v) is 3.29. The molecule has 1 N–H and O–H groups in total. The Balaban J connectivity index is 2.35. The van der Waals surface area contributed by atoms with Gasteiger partial charge < -0.3 is 5.43 Å². The molecule has 1 aromatic carbocycles. The number of benzene rings is 1. The SMILES string of the molecule is CCN(CC)CNn1c(C)nc2ccccc2c1=O. The van der Waals surface area contributed by atoms with Crippen molar-refractivity contribution < 1.29 is 0 Å². The van der Waals surface area contributed by atoms with Crippen molar-refractivity contribution in [3.63, 3.8) is 0 Å². The predicted octanol–water partition coefficient (Wildman–Crippen LogP) is 1.55. The van der Waals surface area contributed by atoms with Crippen LogP contribution in [0.2, 0.25) is 0 Å². The summed E-state index contributed by atoms with van der Waals surface area (Å²) in [6, 6.07) is 7.41. The molecular formula is C14H20N4O. The second kappa shape index (κ2) is 5.84. The first-order chi connectivity index (χ1) is 9.17. The standard InChI is InChI=1S/C14H20N4O/c1-4-17(5-2)10-15-18-11(3)16-13-9-7-6-8-12(13)14(18)19/h6-9,15H,4-5,10H2,1-3H3. The van der Waals surface area contributed by atoms with Crippen LogP contribution in [0.1, 0.15) is 19.7 Å². The minimum Gasteiger partial charge on any atom is -0.307 e. The second-order valence-corrected chi connectivity index (χ2v) is 4.44. The van der Waals surface area contributed by atoms with Gasteiger partial charge in [-0.1, -0.05) is 26.0 Å². The predicted molar refractivity (Wildman–Crippen MR) is 77.9 cm³/mol. The van der Waals surface area contributed by atoms with Crippen LogP contribution in [0.5, 0.6) is 0 Å². The van der Waals surface area contributed by atoms with Gasteiger partial charge in [0.15, 0.2) is 0 Å². The maximum atomic E-state index is 12.4. The zero-order valence-corrected chi connectivity index (χ0v) is 11.7. The molecule has 0 amide bonds. The van der Waals surface area contributed by atoms with Crippen molar-refractivity contribution in [2.75, 3.05) is 25.2 Å². The van der Waals surface area contributed by atoms with Gasteiger partial charge in [-0.15, -0.1) is 0 Å². The van der Waals surface area contributed by atoms with Crippen molar-refractivity contribution >= 4 is 10.9 Å². The summed E-state index contributed by atoms with van der Waals surface area (Å²) >= 11 is 0. The summed E-state index contributed by atoms with van der Waals surface area (Å²) < 4.78 is 1.53. The average molecular weight is 260 g/mol. The van der Waals surface area contributed by atoms with Crippen LogP contribution in [0.25, 0.3) is 10.9 Å². The highest BCUT2D eigenvalue weighted by atomic mass is 16.1. The second-order valence-electron chi connectivity index (χ2n) is 4.44. The highest BCUT2D eigenvalue weighted by Crippen LogP contribution is 2.06. The summed E-state index contributed by atoms with van der Waals surface area (Å²) in [6.45, 7) is 8.55. The van der Waals surface area contributed by atoms with Gasteiger partial charge in [-0.2, -0.15) is 0 Å². The van der Waals surface area contributed by atoms with Crippen molar-refractivity contribution in [2.24, 2.45) is 0 Å². The van der Waals surface area contributed by atoms with Crippen molar-refractivity contribution in [3.8, 4) is 0 Å². The van der Waals surface area contributed by atoms with Crippen LogP contribution in [0, 0.1) is 6.92 Å². The van der Waals surface area contributed by atoms with E-state index in [0.29, 0.717) is 17.9 Å². The third-order valence-electron chi connectivity index (χ3n) is 3.29. The van der Waals surface area contributed by atoms with Crippen LogP contribution in [-0.2, 0) is 0 Å². The molecule has 5 nitrogen and oxygen atoms in total. The Labute approximate surface area is 112 Å². The van der Waals surface area contributed by atoms with Gasteiger partial charge in [0.05, 0.1) is 17.6 Å². The highest BCUT2D eigenvalue weighted by molar-refractivity contribution is 5.77. The molecule has 1 aromatic heterocycles. The van der Waals surface area contributed by atoms with Crippen molar-refractivity contribution in [1.82, 2.24) is 14.6 Å². The van der Waals surface area contributed by atoms with Gasteiger partial charge in [-0.25, -0.2) is 9.66 Å². The summed E-state index contributed by atoms with van der Waals surface area (Å²) in [5, 5.41) is 0.639. The van der Waals surface area contributed by atoms with Crippen LogP contribution in [-0.4, -0.2) is 34.3 Å². The molecular weight excluding hydrogens is 240 g/mol. The maximum absolute atomic E-state index is 12.4. The molecule has 0 aliphatic rings. The fourth-order valence-corrected chi connectivity index (χ4v) is 2.05. The molecule has 0 bridgehead atoms. The molecule has 0 aliphatic carbocycles. The summed E-state index contributed by atoms with van der Waals surface area (Å²) in [4.78, 5) is 19.0. The molecule has 0 atom stereocenters. The molecule has 2 rings (SSSR count). The Kier molecular flexibility index (Phi) is 4.16. The zero-order valence-electron chi connectivity index (χ0n) is 11.7. The van der Waals surface area contributed by atoms with Crippen molar-refractivity contribution in [3.05, 3.63) is 40.4 Å². The van der Waals surface area contributed by atoms with E-state index in [2.05, 4.69) is 29.2 Å². The molecule has 2 aromatic rings. The fourth-order valence-electron chi connectivity index (χ4n) is 2.05. The van der Waals surface area contributed by atoms with E-state index in [-0.39, 0.29) is 5.56 Å². The van der Waals surface area contributed by atoms with E-state index in [1.807, 2.05) is 25.1 Å². The van der Waals surface area contributed by atoms with Gasteiger partial charge in [0.1, 0.15) is 5.82 Å². The van der Waals surface area contributed by atoms with Crippen molar-refractivity contribution in [1.29, 1.82) is 0 Å². The van der Waals surface area contributed by atoms with Gasteiger partial charge in [0, 0.05) is 0 Å². The molecule has 0 saturated heterocycles. The number of hydrogen-bond acceptors (Lipinski definition) is 4. The van der Waals surface area contributed by atoms with E-state index >= 15 is 0 Å². The summed E-state index contributed by atoms with van der Waals surface area (Å²) in [6.07, 6.45) is 0. The highest BCUT2D eigenvalue weighted by Gasteiger charge is 2.07. The van der Waals surface area contributed by atoms with E-state index in [1.165, 1.54) is 4.68 Å². The number of nitrogens with zero attached hydrogens (tertiary/aromatic N) is 3. The topological polar surface area (TPSA) is 50.2 Å². The fraction of sp³-hybridized carbons (Fsp3) is 0.429. The lowest BCUT2D eigenvalue weighted by Gasteiger charge is -2.21. The number of hydrogen-bond donors (Lipinski definition) is 1. The van der Waals surface area contributed by atoms with Gasteiger partial charge >= 0.3 is 0 Å². The lowest BCUT2D eigenvalue weighted by molar-refractivity contribution is 0.313. The minimum absolute atomic E-state index is 0.0461. The normalized spacial score (nSPS) is 11.2. The number of para-hydroxylation sites is 1. The lowest BCUT2D eigenvalue weighted by Crippen LogP contribution is -2.39. The number of rotatable bonds is 5. The van der Waals surface area contributed by atoms with Crippen LogP contribution in [0.4, 0.5) is 0 Å². The average Bonchev–Trinajstić information content (AvgIpc) is 2.43. The Hall–Kier alpha value is -1.88. The molecule has 0 radical (unpaired) electrons. The van der Waals surface area contributed by atoms with Crippen LogP contribution >= 0.6 is 0 Å². The number of nitrogens with one attached hydrogen (secondary N) is 1. The van der Waals surface area contributed by atoms with Crippen molar-refractivity contribution in [2.45, 2.75) is 20.8 Å². The van der Waals surface area contributed by atoms with E-state index in [4.69, 9.17) is 0 Å². The third kappa shape index (κ3) is 2.76. The summed E-state index contributed by atoms with van der Waals surface area (Å²) in [5.74, 6) is 0.677. The number of aryl methyl sites for hydroxylation is 1. The smallest absolute Gasteiger partial charge is 0.279 e. The number of fused-ring (bicyclic) bond motifs is 1. The van der Waals surface area contributed by atoms with E-state index < -0.39 is 0 Å². The Morgan fingerprint density at radius 1 is 1.26 bits per heavy atom. The Bertz CT molecular complexity index is 616. The maximum Gasteiger partial charge on any atom is 0.279 e. The Morgan fingerprint density at radius 3 is 2.63 bits per heavy atom. The minimum atomic E-state index is -0.0461. The van der Waals surface area contributed by atoms with Gasteiger partial charge in [0.2, 0.25) is 0 Å². The van der Waals surface area contributed by atoms with Gasteiger partial charge in [-0.3, -0.25) is 9.69 Å². The molecule has 0 saturated carbocycles. The molecule has 1 heterocycles. The van der Waals surface area contributed by atoms with Crippen LogP contribution in [0.3, 0.4) is 0 Å². The molecule has 0 unspecified atom stereocenters. The monoisotopic (exact) mass is 260 g/mol. The first kappa shape index (κ1) is 13.5. The van der Waals surface area contributed by atoms with Crippen LogP contribution < -0.4 is 11.0 Å². The molecule has 19 heavy (non-hydrogen) atoms. The molecule has 102 valence electrons. The van der Waals surface area contributed by atoms with Crippen LogP contribution in [0.15, 0.2) is 29.1 Å². The quantitative estimate of drug-likeness (QED) is 0.829. The molecule has 5 heteroatoms. The Morgan fingerprint density at radius 2 is 1.95 bits per heavy atom. The van der Waals surface area contributed by atoms with Gasteiger partial charge in [-0.05, 0) is 32.1 Å².